The predicted octanol–water partition coefficient (Wildman–Crippen LogP) is 8.34. The number of carbonyl (C=O) groups excluding carboxylic acids is 1. The number of nitrogens with one attached hydrogen (secondary N) is 1. The molecule has 1 aromatic carbocycles. The number of Topliss-reactive ketones (excluding diaryl/α,β-unsaturated/α-hetero) is 1. The second-order valence-electron chi connectivity index (χ2n) is 14.0. The molecule has 4 aliphatic rings. The zero-order valence-corrected chi connectivity index (χ0v) is 25.9. The summed E-state index contributed by atoms with van der Waals surface area (Å²) in [6.45, 7) is 12.0. The van der Waals surface area contributed by atoms with Crippen LogP contribution in [0.15, 0.2) is 35.4 Å². The Labute approximate surface area is 243 Å². The molecule has 0 spiro atoms. The van der Waals surface area contributed by atoms with Gasteiger partial charge in [0.05, 0.1) is 12.2 Å². The van der Waals surface area contributed by atoms with Crippen molar-refractivity contribution in [2.75, 3.05) is 6.61 Å². The third kappa shape index (κ3) is 5.56. The first-order valence-corrected chi connectivity index (χ1v) is 16.7. The molecule has 2 saturated carbocycles. The largest absolute Gasteiger partial charge is 0.494 e. The first-order valence-electron chi connectivity index (χ1n) is 16.7. The van der Waals surface area contributed by atoms with Crippen LogP contribution in [0.2, 0.25) is 0 Å². The fourth-order valence-corrected chi connectivity index (χ4v) is 9.72. The standard InChI is InChI=1S/C36H55NO3/c1-6-10-33(37-27(7-2)8-3)25-11-9-12-29(23-25)40-20-19-36-18-15-31-30-14-13-28(38)22-26(30)21-24(4)34(31)32(36)16-17-35(36,5)39/h9,11-12,23-24,27,31-34,37,39H,6-8,10,13-22H2,1-5H3/t24-,31?,32?,33?,34?,35+,36-/m1/s1. The van der Waals surface area contributed by atoms with Crippen LogP contribution in [0, 0.1) is 29.1 Å². The number of allylic oxidation sites excluding steroid dienone is 2. The molecule has 0 bridgehead atoms. The van der Waals surface area contributed by atoms with Gasteiger partial charge in [0.25, 0.3) is 0 Å². The summed E-state index contributed by atoms with van der Waals surface area (Å²) in [7, 11) is 0. The van der Waals surface area contributed by atoms with Gasteiger partial charge in [-0.3, -0.25) is 4.79 Å². The van der Waals surface area contributed by atoms with Crippen LogP contribution >= 0.6 is 0 Å². The minimum absolute atomic E-state index is 0.0790. The van der Waals surface area contributed by atoms with Gasteiger partial charge in [0.2, 0.25) is 0 Å². The molecular formula is C36H55NO3. The summed E-state index contributed by atoms with van der Waals surface area (Å²) in [6.07, 6.45) is 13.3. The van der Waals surface area contributed by atoms with Gasteiger partial charge in [0.1, 0.15) is 11.5 Å². The van der Waals surface area contributed by atoms with Crippen molar-refractivity contribution >= 4 is 5.78 Å². The van der Waals surface area contributed by atoms with E-state index >= 15 is 0 Å². The van der Waals surface area contributed by atoms with Gasteiger partial charge in [-0.2, -0.15) is 0 Å². The van der Waals surface area contributed by atoms with Gasteiger partial charge in [-0.1, -0.05) is 57.4 Å². The van der Waals surface area contributed by atoms with Crippen molar-refractivity contribution < 1.29 is 14.6 Å². The smallest absolute Gasteiger partial charge is 0.137 e. The van der Waals surface area contributed by atoms with Gasteiger partial charge in [-0.15, -0.1) is 0 Å². The van der Waals surface area contributed by atoms with Gasteiger partial charge < -0.3 is 15.2 Å². The fraction of sp³-hybridized carbons (Fsp3) is 0.750. The Bertz CT molecular complexity index is 1070. The minimum atomic E-state index is -0.643. The van der Waals surface area contributed by atoms with E-state index in [1.165, 1.54) is 11.1 Å². The highest BCUT2D eigenvalue weighted by atomic mass is 16.5. The SMILES string of the molecule is CCCC(NC(CC)CC)c1cccc(OCC[C@]23CCC4C5=C(CC(=O)CC5)C[C@@H](C)C4C2CC[C@]3(C)O)c1. The lowest BCUT2D eigenvalue weighted by atomic mass is 9.49. The van der Waals surface area contributed by atoms with E-state index in [9.17, 15) is 9.90 Å². The number of ketones is 1. The first kappa shape index (κ1) is 29.8. The van der Waals surface area contributed by atoms with E-state index in [0.29, 0.717) is 54.6 Å². The molecule has 5 rings (SSSR count). The van der Waals surface area contributed by atoms with Crippen LogP contribution in [0.5, 0.6) is 5.75 Å². The van der Waals surface area contributed by atoms with Crippen molar-refractivity contribution in [1.29, 1.82) is 0 Å². The van der Waals surface area contributed by atoms with Crippen molar-refractivity contribution in [1.82, 2.24) is 5.32 Å². The molecule has 4 unspecified atom stereocenters. The summed E-state index contributed by atoms with van der Waals surface area (Å²) in [4.78, 5) is 12.2. The Morgan fingerprint density at radius 3 is 2.67 bits per heavy atom. The average molecular weight is 550 g/mol. The lowest BCUT2D eigenvalue weighted by Gasteiger charge is -2.56. The Morgan fingerprint density at radius 1 is 1.12 bits per heavy atom. The number of benzene rings is 1. The first-order chi connectivity index (χ1) is 19.2. The Morgan fingerprint density at radius 2 is 1.93 bits per heavy atom. The van der Waals surface area contributed by atoms with Crippen molar-refractivity contribution in [3.8, 4) is 5.75 Å². The maximum atomic E-state index is 12.2. The van der Waals surface area contributed by atoms with Gasteiger partial charge in [0.15, 0.2) is 0 Å². The highest BCUT2D eigenvalue weighted by molar-refractivity contribution is 5.82. The maximum absolute atomic E-state index is 12.2. The molecule has 7 atom stereocenters. The topological polar surface area (TPSA) is 58.6 Å². The molecular weight excluding hydrogens is 494 g/mol. The van der Waals surface area contributed by atoms with Crippen LogP contribution in [0.1, 0.15) is 130 Å². The lowest BCUT2D eigenvalue weighted by molar-refractivity contribution is -0.125. The van der Waals surface area contributed by atoms with E-state index in [-0.39, 0.29) is 5.41 Å². The maximum Gasteiger partial charge on any atom is 0.137 e. The monoisotopic (exact) mass is 549 g/mol. The highest BCUT2D eigenvalue weighted by Crippen LogP contribution is 2.66. The van der Waals surface area contributed by atoms with Crippen LogP contribution in [-0.2, 0) is 4.79 Å². The van der Waals surface area contributed by atoms with Gasteiger partial charge >= 0.3 is 0 Å². The second kappa shape index (κ2) is 12.3. The highest BCUT2D eigenvalue weighted by Gasteiger charge is 2.63. The third-order valence-corrected chi connectivity index (χ3v) is 11.8. The van der Waals surface area contributed by atoms with Crippen LogP contribution < -0.4 is 10.1 Å². The van der Waals surface area contributed by atoms with Crippen molar-refractivity contribution in [3.05, 3.63) is 41.0 Å². The second-order valence-corrected chi connectivity index (χ2v) is 14.0. The number of carbonyl (C=O) groups is 1. The minimum Gasteiger partial charge on any atom is -0.494 e. The summed E-state index contributed by atoms with van der Waals surface area (Å²) in [6, 6.07) is 9.63. The van der Waals surface area contributed by atoms with E-state index in [0.717, 1.165) is 82.8 Å². The fourth-order valence-electron chi connectivity index (χ4n) is 9.72. The molecule has 40 heavy (non-hydrogen) atoms. The van der Waals surface area contributed by atoms with Crippen LogP contribution in [0.3, 0.4) is 0 Å². The number of hydrogen-bond donors (Lipinski definition) is 2. The van der Waals surface area contributed by atoms with Crippen LogP contribution in [0.25, 0.3) is 0 Å². The molecule has 2 N–H and O–H groups in total. The normalized spacial score (nSPS) is 34.4. The molecule has 0 saturated heterocycles. The van der Waals surface area contributed by atoms with E-state index in [4.69, 9.17) is 4.74 Å². The number of aliphatic hydroxyl groups is 1. The molecule has 222 valence electrons. The number of fused-ring (bicyclic) bond motifs is 4. The Kier molecular flexibility index (Phi) is 9.17. The van der Waals surface area contributed by atoms with Gasteiger partial charge in [0, 0.05) is 30.3 Å². The summed E-state index contributed by atoms with van der Waals surface area (Å²) >= 11 is 0. The van der Waals surface area contributed by atoms with E-state index in [2.05, 4.69) is 64.2 Å². The lowest BCUT2D eigenvalue weighted by Crippen LogP contribution is -2.54. The molecule has 4 aliphatic carbocycles. The predicted molar refractivity (Wildman–Crippen MR) is 163 cm³/mol. The zero-order chi connectivity index (χ0) is 28.5. The molecule has 0 aromatic heterocycles. The summed E-state index contributed by atoms with van der Waals surface area (Å²) in [5.74, 6) is 3.77. The molecule has 0 heterocycles. The molecule has 2 fully saturated rings. The van der Waals surface area contributed by atoms with Crippen LogP contribution in [0.4, 0.5) is 0 Å². The number of ether oxygens (including phenoxy) is 1. The van der Waals surface area contributed by atoms with E-state index < -0.39 is 5.60 Å². The Balaban J connectivity index is 1.30. The summed E-state index contributed by atoms with van der Waals surface area (Å²) in [5, 5.41) is 15.8. The number of rotatable bonds is 11. The van der Waals surface area contributed by atoms with E-state index in [1.54, 1.807) is 5.57 Å². The molecule has 4 nitrogen and oxygen atoms in total. The quantitative estimate of drug-likeness (QED) is 0.272. The molecule has 1 aromatic rings. The van der Waals surface area contributed by atoms with Crippen molar-refractivity contribution in [2.45, 2.75) is 136 Å². The average Bonchev–Trinajstić information content (AvgIpc) is 3.21. The van der Waals surface area contributed by atoms with Crippen LogP contribution in [-0.4, -0.2) is 29.1 Å². The Hall–Kier alpha value is -1.65. The van der Waals surface area contributed by atoms with Gasteiger partial charge in [-0.25, -0.2) is 0 Å². The zero-order valence-electron chi connectivity index (χ0n) is 25.9. The molecule has 4 heteroatoms. The molecule has 0 amide bonds. The molecule has 0 aliphatic heterocycles. The van der Waals surface area contributed by atoms with E-state index in [1.807, 2.05) is 0 Å². The van der Waals surface area contributed by atoms with Crippen molar-refractivity contribution in [2.24, 2.45) is 29.1 Å². The number of hydrogen-bond acceptors (Lipinski definition) is 4. The summed E-state index contributed by atoms with van der Waals surface area (Å²) in [5.41, 5.74) is 3.72. The molecule has 0 radical (unpaired) electrons. The summed E-state index contributed by atoms with van der Waals surface area (Å²) < 4.78 is 6.51. The van der Waals surface area contributed by atoms with Gasteiger partial charge in [-0.05, 0) is 112 Å². The third-order valence-electron chi connectivity index (χ3n) is 11.8. The van der Waals surface area contributed by atoms with Crippen molar-refractivity contribution in [3.63, 3.8) is 0 Å².